The first-order valence-corrected chi connectivity index (χ1v) is 19.5. The topological polar surface area (TPSA) is 131 Å². The lowest BCUT2D eigenvalue weighted by molar-refractivity contribution is -0.196. The van der Waals surface area contributed by atoms with Crippen molar-refractivity contribution in [2.24, 2.45) is 10.8 Å². The third kappa shape index (κ3) is 6.21. The molecule has 0 amide bonds. The maximum atomic E-state index is 17.3. The Morgan fingerprint density at radius 3 is 2.60 bits per heavy atom. The fourth-order valence-electron chi connectivity index (χ4n) is 9.91. The van der Waals surface area contributed by atoms with Crippen LogP contribution < -0.4 is 14.4 Å². The van der Waals surface area contributed by atoms with Gasteiger partial charge < -0.3 is 29.0 Å². The molecule has 3 unspecified atom stereocenters. The van der Waals surface area contributed by atoms with Crippen molar-refractivity contribution >= 4 is 27.6 Å². The van der Waals surface area contributed by atoms with Crippen LogP contribution in [0.4, 0.5) is 10.2 Å². The number of methoxy groups -OCH3 is 1. The summed E-state index contributed by atoms with van der Waals surface area (Å²) in [6.07, 6.45) is 9.78. The number of anilines is 1. The number of benzene rings is 1. The molecule has 3 atom stereocenters. The van der Waals surface area contributed by atoms with Gasteiger partial charge in [-0.05, 0) is 83.0 Å². The van der Waals surface area contributed by atoms with Crippen molar-refractivity contribution in [3.05, 3.63) is 29.2 Å². The standard InChI is InChI=1S/C38H48FN7O5.C2H6/c1-22-13-26-25(16-40-44-26)28(23(22)2)31-30(39)32-29(34(41-31)48-4)33(45-11-12-49-18-36(3,47)17-45)43-35(42-32)51-21-38-8-5-7-27(38)46(10-6-9-38)24-14-37(15-24)19-50-20-37;1-2/h13,16,24,27,47H,5-12,14-15,17-21H2,1-4H3,(H,40,44);1-2H3. The third-order valence-corrected chi connectivity index (χ3v) is 12.6. The molecular weight excluding hydrogens is 677 g/mol. The number of pyridine rings is 1. The maximum absolute atomic E-state index is 17.3. The Morgan fingerprint density at radius 2 is 1.85 bits per heavy atom. The van der Waals surface area contributed by atoms with E-state index in [0.29, 0.717) is 54.0 Å². The molecule has 286 valence electrons. The number of piperidine rings is 1. The van der Waals surface area contributed by atoms with Gasteiger partial charge in [-0.1, -0.05) is 20.3 Å². The average Bonchev–Trinajstić information content (AvgIpc) is 3.72. The third-order valence-electron chi connectivity index (χ3n) is 12.6. The zero-order valence-corrected chi connectivity index (χ0v) is 32.1. The molecule has 53 heavy (non-hydrogen) atoms. The predicted molar refractivity (Wildman–Crippen MR) is 201 cm³/mol. The number of hydrogen-bond acceptors (Lipinski definition) is 11. The van der Waals surface area contributed by atoms with Crippen LogP contribution in [0.15, 0.2) is 12.3 Å². The number of likely N-dealkylation sites (tertiary alicyclic amines) is 1. The molecule has 1 aromatic carbocycles. The van der Waals surface area contributed by atoms with Crippen LogP contribution in [0, 0.1) is 30.5 Å². The van der Waals surface area contributed by atoms with E-state index in [1.165, 1.54) is 20.0 Å². The van der Waals surface area contributed by atoms with E-state index >= 15 is 4.39 Å². The summed E-state index contributed by atoms with van der Waals surface area (Å²) in [6, 6.07) is 3.17. The van der Waals surface area contributed by atoms with Crippen LogP contribution >= 0.6 is 0 Å². The smallest absolute Gasteiger partial charge is 0.319 e. The molecule has 5 aliphatic rings. The summed E-state index contributed by atoms with van der Waals surface area (Å²) in [5.74, 6) is 0.00371. The van der Waals surface area contributed by atoms with Crippen molar-refractivity contribution in [2.75, 3.05) is 64.7 Å². The van der Waals surface area contributed by atoms with Gasteiger partial charge in [0, 0.05) is 40.4 Å². The fourth-order valence-corrected chi connectivity index (χ4v) is 9.91. The van der Waals surface area contributed by atoms with Crippen molar-refractivity contribution in [3.8, 4) is 23.1 Å². The molecule has 0 bridgehead atoms. The van der Waals surface area contributed by atoms with E-state index in [2.05, 4.69) is 15.1 Å². The largest absolute Gasteiger partial charge is 0.480 e. The lowest BCUT2D eigenvalue weighted by Gasteiger charge is -2.60. The summed E-state index contributed by atoms with van der Waals surface area (Å²) in [4.78, 5) is 19.3. The summed E-state index contributed by atoms with van der Waals surface area (Å²) in [5, 5.41) is 19.5. The Bertz CT molecular complexity index is 1990. The lowest BCUT2D eigenvalue weighted by atomic mass is 9.62. The minimum absolute atomic E-state index is 0.0130. The molecule has 1 spiro atoms. The molecule has 2 N–H and O–H groups in total. The summed E-state index contributed by atoms with van der Waals surface area (Å²) in [6.45, 7) is 14.3. The quantitative estimate of drug-likeness (QED) is 0.227. The zero-order valence-electron chi connectivity index (χ0n) is 32.1. The number of halogens is 1. The number of rotatable bonds is 7. The van der Waals surface area contributed by atoms with Crippen LogP contribution in [0.2, 0.25) is 0 Å². The van der Waals surface area contributed by atoms with E-state index in [-0.39, 0.29) is 41.7 Å². The summed E-state index contributed by atoms with van der Waals surface area (Å²) >= 11 is 0. The van der Waals surface area contributed by atoms with Crippen LogP contribution in [0.1, 0.15) is 76.8 Å². The summed E-state index contributed by atoms with van der Waals surface area (Å²) in [5.41, 5.74) is 2.72. The summed E-state index contributed by atoms with van der Waals surface area (Å²) in [7, 11) is 1.52. The van der Waals surface area contributed by atoms with Crippen molar-refractivity contribution in [3.63, 3.8) is 0 Å². The minimum atomic E-state index is -1.16. The monoisotopic (exact) mass is 731 g/mol. The number of ether oxygens (including phenoxy) is 4. The number of fused-ring (bicyclic) bond motifs is 3. The number of nitrogens with zero attached hydrogens (tertiary/aromatic N) is 6. The van der Waals surface area contributed by atoms with Gasteiger partial charge in [0.05, 0.1) is 58.4 Å². The molecule has 0 radical (unpaired) electrons. The fraction of sp³-hybridized carbons (Fsp3) is 0.650. The highest BCUT2D eigenvalue weighted by atomic mass is 19.1. The van der Waals surface area contributed by atoms with E-state index in [4.69, 9.17) is 33.9 Å². The Labute approximate surface area is 310 Å². The van der Waals surface area contributed by atoms with Crippen LogP contribution in [0.3, 0.4) is 0 Å². The van der Waals surface area contributed by atoms with Crippen LogP contribution in [-0.4, -0.2) is 113 Å². The Morgan fingerprint density at radius 1 is 1.06 bits per heavy atom. The molecule has 5 fully saturated rings. The van der Waals surface area contributed by atoms with Crippen molar-refractivity contribution in [1.82, 2.24) is 30.0 Å². The highest BCUT2D eigenvalue weighted by Gasteiger charge is 2.56. The molecule has 2 saturated carbocycles. The van der Waals surface area contributed by atoms with Gasteiger partial charge >= 0.3 is 6.01 Å². The predicted octanol–water partition coefficient (Wildman–Crippen LogP) is 6.14. The Balaban J connectivity index is 0.00000197. The molecule has 12 nitrogen and oxygen atoms in total. The van der Waals surface area contributed by atoms with Crippen LogP contribution in [0.25, 0.3) is 33.1 Å². The molecule has 3 aromatic heterocycles. The van der Waals surface area contributed by atoms with Gasteiger partial charge in [0.25, 0.3) is 0 Å². The Kier molecular flexibility index (Phi) is 9.52. The number of aryl methyl sites for hydroxylation is 1. The van der Waals surface area contributed by atoms with Crippen molar-refractivity contribution in [1.29, 1.82) is 0 Å². The van der Waals surface area contributed by atoms with Gasteiger partial charge in [0.1, 0.15) is 28.0 Å². The molecular formula is C40H54FN7O5. The number of H-pyrrole nitrogens is 1. The van der Waals surface area contributed by atoms with E-state index in [0.717, 1.165) is 73.9 Å². The molecule has 6 heterocycles. The molecule has 2 aliphatic carbocycles. The molecule has 3 aliphatic heterocycles. The van der Waals surface area contributed by atoms with Crippen LogP contribution in [0.5, 0.6) is 11.9 Å². The van der Waals surface area contributed by atoms with E-state index in [9.17, 15) is 5.11 Å². The highest BCUT2D eigenvalue weighted by molar-refractivity contribution is 6.01. The zero-order chi connectivity index (χ0) is 37.1. The van der Waals surface area contributed by atoms with E-state index in [1.54, 1.807) is 13.1 Å². The second kappa shape index (κ2) is 13.9. The number of aromatic amines is 1. The van der Waals surface area contributed by atoms with Crippen molar-refractivity contribution in [2.45, 2.75) is 97.2 Å². The van der Waals surface area contributed by atoms with Gasteiger partial charge in [-0.15, -0.1) is 0 Å². The number of nitrogens with one attached hydrogen (secondary N) is 1. The SMILES string of the molecule is CC.COc1nc(-c2c(C)c(C)cc3[nH]ncc23)c(F)c2nc(OCC34CCCC3N(C3CC5(COC5)C3)CCC4)nc(N3CCOCC(C)(O)C3)c12. The highest BCUT2D eigenvalue weighted by Crippen LogP contribution is 2.55. The second-order valence-electron chi connectivity index (χ2n) is 16.3. The minimum Gasteiger partial charge on any atom is -0.480 e. The maximum Gasteiger partial charge on any atom is 0.319 e. The molecule has 3 saturated heterocycles. The first kappa shape index (κ1) is 36.3. The van der Waals surface area contributed by atoms with Gasteiger partial charge in [-0.2, -0.15) is 15.1 Å². The van der Waals surface area contributed by atoms with E-state index < -0.39 is 11.4 Å². The number of β-amino-alcohol motifs (C(OH)–C–C–N with tert-alkyl or cyclic N) is 1. The van der Waals surface area contributed by atoms with Crippen LogP contribution in [-0.2, 0) is 9.47 Å². The first-order chi connectivity index (χ1) is 25.6. The van der Waals surface area contributed by atoms with Crippen molar-refractivity contribution < 1.29 is 28.4 Å². The number of hydrogen-bond donors (Lipinski definition) is 2. The Hall–Kier alpha value is -3.65. The lowest BCUT2D eigenvalue weighted by Crippen LogP contribution is -2.64. The molecule has 4 aromatic rings. The van der Waals surface area contributed by atoms with Gasteiger partial charge in [-0.25, -0.2) is 9.37 Å². The van der Waals surface area contributed by atoms with E-state index in [1.807, 2.05) is 38.7 Å². The average molecular weight is 732 g/mol. The van der Waals surface area contributed by atoms with Gasteiger partial charge in [0.15, 0.2) is 5.82 Å². The first-order valence-electron chi connectivity index (χ1n) is 19.5. The van der Waals surface area contributed by atoms with Gasteiger partial charge in [-0.3, -0.25) is 10.00 Å². The van der Waals surface area contributed by atoms with Gasteiger partial charge in [0.2, 0.25) is 5.88 Å². The molecule has 13 heteroatoms. The molecule has 9 rings (SSSR count). The second-order valence-corrected chi connectivity index (χ2v) is 16.3. The number of aliphatic hydroxyl groups is 1. The normalized spacial score (nSPS) is 27.2. The summed E-state index contributed by atoms with van der Waals surface area (Å²) < 4.78 is 41.2. The number of aromatic nitrogens is 5.